The third kappa shape index (κ3) is 3.72. The largest absolute Gasteiger partial charge is 0.396 e. The van der Waals surface area contributed by atoms with Crippen molar-refractivity contribution in [1.29, 1.82) is 0 Å². The Hall–Kier alpha value is -0.120. The number of hydrogen-bond acceptors (Lipinski definition) is 3. The average molecular weight is 228 g/mol. The molecule has 0 aromatic carbocycles. The van der Waals surface area contributed by atoms with E-state index in [0.717, 1.165) is 25.9 Å². The summed E-state index contributed by atoms with van der Waals surface area (Å²) in [5.74, 6) is 0. The second-order valence-corrected chi connectivity index (χ2v) is 5.19. The third-order valence-corrected chi connectivity index (χ3v) is 4.13. The van der Waals surface area contributed by atoms with E-state index in [1.165, 1.54) is 38.5 Å². The van der Waals surface area contributed by atoms with E-state index in [-0.39, 0.29) is 5.54 Å². The molecule has 0 aromatic heterocycles. The van der Waals surface area contributed by atoms with Crippen LogP contribution in [0.1, 0.15) is 51.4 Å². The molecule has 0 spiro atoms. The number of hydrogen-bond donors (Lipinski definition) is 2. The second-order valence-electron chi connectivity index (χ2n) is 5.19. The Bertz CT molecular complexity index is 177. The molecule has 16 heavy (non-hydrogen) atoms. The van der Waals surface area contributed by atoms with Crippen LogP contribution >= 0.6 is 0 Å². The van der Waals surface area contributed by atoms with E-state index in [9.17, 15) is 0 Å². The Balaban J connectivity index is 2.48. The molecular formula is C13H28N2O. The van der Waals surface area contributed by atoms with Gasteiger partial charge in [0.15, 0.2) is 0 Å². The van der Waals surface area contributed by atoms with Crippen molar-refractivity contribution in [2.24, 2.45) is 5.73 Å². The summed E-state index contributed by atoms with van der Waals surface area (Å²) >= 11 is 0. The maximum Gasteiger partial charge on any atom is 0.0431 e. The maximum absolute atomic E-state index is 8.81. The number of nitrogens with zero attached hydrogens (tertiary/aromatic N) is 1. The minimum Gasteiger partial charge on any atom is -0.396 e. The van der Waals surface area contributed by atoms with E-state index in [0.29, 0.717) is 6.61 Å². The molecule has 1 aliphatic carbocycles. The highest BCUT2D eigenvalue weighted by molar-refractivity contribution is 4.91. The normalized spacial score (nSPS) is 21.0. The first-order valence-corrected chi connectivity index (χ1v) is 6.77. The zero-order chi connectivity index (χ0) is 11.9. The van der Waals surface area contributed by atoms with Crippen molar-refractivity contribution in [1.82, 2.24) is 4.90 Å². The van der Waals surface area contributed by atoms with Gasteiger partial charge in [0, 0.05) is 18.7 Å². The molecule has 1 fully saturated rings. The summed E-state index contributed by atoms with van der Waals surface area (Å²) in [4.78, 5) is 2.45. The molecule has 0 aliphatic heterocycles. The molecule has 0 unspecified atom stereocenters. The van der Waals surface area contributed by atoms with Crippen LogP contribution in [0.5, 0.6) is 0 Å². The summed E-state index contributed by atoms with van der Waals surface area (Å²) in [7, 11) is 2.20. The molecule has 3 nitrogen and oxygen atoms in total. The molecule has 3 N–H and O–H groups in total. The molecule has 0 aromatic rings. The smallest absolute Gasteiger partial charge is 0.0431 e. The number of aliphatic hydroxyl groups is 1. The van der Waals surface area contributed by atoms with Crippen molar-refractivity contribution >= 4 is 0 Å². The van der Waals surface area contributed by atoms with E-state index >= 15 is 0 Å². The fourth-order valence-electron chi connectivity index (χ4n) is 2.83. The van der Waals surface area contributed by atoms with Crippen molar-refractivity contribution in [3.05, 3.63) is 0 Å². The van der Waals surface area contributed by atoms with Gasteiger partial charge in [0.2, 0.25) is 0 Å². The van der Waals surface area contributed by atoms with Gasteiger partial charge in [-0.2, -0.15) is 0 Å². The number of likely N-dealkylation sites (N-methyl/N-ethyl adjacent to an activating group) is 1. The van der Waals surface area contributed by atoms with Crippen molar-refractivity contribution in [2.45, 2.75) is 56.9 Å². The Kier molecular flexibility index (Phi) is 6.32. The van der Waals surface area contributed by atoms with E-state index in [4.69, 9.17) is 10.8 Å². The lowest BCUT2D eigenvalue weighted by molar-refractivity contribution is 0.103. The van der Waals surface area contributed by atoms with Crippen molar-refractivity contribution in [3.8, 4) is 0 Å². The monoisotopic (exact) mass is 228 g/mol. The summed E-state index contributed by atoms with van der Waals surface area (Å²) in [6.45, 7) is 2.16. The van der Waals surface area contributed by atoms with Gasteiger partial charge in [-0.1, -0.05) is 25.7 Å². The maximum atomic E-state index is 8.81. The van der Waals surface area contributed by atoms with Gasteiger partial charge in [0.05, 0.1) is 0 Å². The van der Waals surface area contributed by atoms with E-state index in [1.54, 1.807) is 0 Å². The first-order valence-electron chi connectivity index (χ1n) is 6.77. The first-order chi connectivity index (χ1) is 7.75. The number of nitrogens with two attached hydrogens (primary N) is 1. The Morgan fingerprint density at radius 3 is 2.25 bits per heavy atom. The summed E-state index contributed by atoms with van der Waals surface area (Å²) in [5.41, 5.74) is 6.26. The highest BCUT2D eigenvalue weighted by Crippen LogP contribution is 2.31. The summed E-state index contributed by atoms with van der Waals surface area (Å²) < 4.78 is 0. The molecule has 96 valence electrons. The van der Waals surface area contributed by atoms with E-state index < -0.39 is 0 Å². The Morgan fingerprint density at radius 2 is 1.75 bits per heavy atom. The van der Waals surface area contributed by atoms with Crippen LogP contribution in [-0.4, -0.2) is 42.3 Å². The molecule has 1 rings (SSSR count). The summed E-state index contributed by atoms with van der Waals surface area (Å²) in [5, 5.41) is 8.81. The number of unbranched alkanes of at least 4 members (excludes halogenated alkanes) is 1. The Morgan fingerprint density at radius 1 is 1.12 bits per heavy atom. The molecule has 0 radical (unpaired) electrons. The summed E-state index contributed by atoms with van der Waals surface area (Å²) in [6.07, 6.45) is 9.86. The van der Waals surface area contributed by atoms with Gasteiger partial charge in [-0.3, -0.25) is 4.90 Å². The van der Waals surface area contributed by atoms with Gasteiger partial charge < -0.3 is 10.8 Å². The fourth-order valence-corrected chi connectivity index (χ4v) is 2.83. The first kappa shape index (κ1) is 13.9. The van der Waals surface area contributed by atoms with E-state index in [1.807, 2.05) is 0 Å². The Labute approximate surface area is 100 Å². The number of rotatable bonds is 6. The lowest BCUT2D eigenvalue weighted by atomic mass is 9.88. The fraction of sp³-hybridized carbons (Fsp3) is 1.00. The standard InChI is InChI=1S/C13H28N2O/c1-15(10-6-7-11-16)13(12-14)8-4-2-3-5-9-13/h16H,2-12,14H2,1H3. The van der Waals surface area contributed by atoms with Crippen molar-refractivity contribution < 1.29 is 5.11 Å². The predicted molar refractivity (Wildman–Crippen MR) is 68.4 cm³/mol. The van der Waals surface area contributed by atoms with Gasteiger partial charge in [-0.25, -0.2) is 0 Å². The van der Waals surface area contributed by atoms with Crippen LogP contribution in [0.3, 0.4) is 0 Å². The molecule has 1 aliphatic rings. The van der Waals surface area contributed by atoms with Crippen LogP contribution in [-0.2, 0) is 0 Å². The SMILES string of the molecule is CN(CCCCO)C1(CN)CCCCCC1. The predicted octanol–water partition coefficient (Wildman–Crippen LogP) is 1.74. The molecule has 3 heteroatoms. The van der Waals surface area contributed by atoms with Gasteiger partial charge in [0.25, 0.3) is 0 Å². The minimum absolute atomic E-state index is 0.242. The average Bonchev–Trinajstić information content (AvgIpc) is 2.55. The van der Waals surface area contributed by atoms with E-state index in [2.05, 4.69) is 11.9 Å². The minimum atomic E-state index is 0.242. The zero-order valence-corrected chi connectivity index (χ0v) is 10.7. The van der Waals surface area contributed by atoms with Crippen LogP contribution in [0, 0.1) is 0 Å². The highest BCUT2D eigenvalue weighted by atomic mass is 16.2. The van der Waals surface area contributed by atoms with Crippen molar-refractivity contribution in [3.63, 3.8) is 0 Å². The van der Waals surface area contributed by atoms with Gasteiger partial charge in [0.1, 0.15) is 0 Å². The van der Waals surface area contributed by atoms with Crippen LogP contribution in [0.25, 0.3) is 0 Å². The molecule has 0 bridgehead atoms. The second kappa shape index (κ2) is 7.25. The number of aliphatic hydroxyl groups excluding tert-OH is 1. The third-order valence-electron chi connectivity index (χ3n) is 4.13. The molecule has 1 saturated carbocycles. The van der Waals surface area contributed by atoms with Crippen LogP contribution in [0.15, 0.2) is 0 Å². The zero-order valence-electron chi connectivity index (χ0n) is 10.7. The molecule has 0 atom stereocenters. The van der Waals surface area contributed by atoms with Crippen LogP contribution < -0.4 is 5.73 Å². The lowest BCUT2D eigenvalue weighted by Crippen LogP contribution is -2.52. The van der Waals surface area contributed by atoms with Gasteiger partial charge in [-0.05, 0) is 39.3 Å². The van der Waals surface area contributed by atoms with Crippen LogP contribution in [0.2, 0.25) is 0 Å². The molecular weight excluding hydrogens is 200 g/mol. The van der Waals surface area contributed by atoms with Gasteiger partial charge >= 0.3 is 0 Å². The molecule has 0 heterocycles. The lowest BCUT2D eigenvalue weighted by Gasteiger charge is -2.41. The summed E-state index contributed by atoms with van der Waals surface area (Å²) in [6, 6.07) is 0. The van der Waals surface area contributed by atoms with Crippen LogP contribution in [0.4, 0.5) is 0 Å². The van der Waals surface area contributed by atoms with Gasteiger partial charge in [-0.15, -0.1) is 0 Å². The molecule has 0 amide bonds. The quantitative estimate of drug-likeness (QED) is 0.538. The topological polar surface area (TPSA) is 49.5 Å². The molecule has 0 saturated heterocycles. The highest BCUT2D eigenvalue weighted by Gasteiger charge is 2.32. The van der Waals surface area contributed by atoms with Crippen molar-refractivity contribution in [2.75, 3.05) is 26.7 Å².